The summed E-state index contributed by atoms with van der Waals surface area (Å²) in [4.78, 5) is 24.0. The molecule has 0 spiro atoms. The van der Waals surface area contributed by atoms with Crippen LogP contribution < -0.4 is 20.1 Å². The first kappa shape index (κ1) is 21.6. The van der Waals surface area contributed by atoms with Crippen LogP contribution in [0.15, 0.2) is 42.5 Å². The second-order valence-electron chi connectivity index (χ2n) is 6.00. The largest absolute Gasteiger partial charge is 0.493 e. The lowest BCUT2D eigenvalue weighted by molar-refractivity contribution is -0.121. The first-order chi connectivity index (χ1) is 13.5. The van der Waals surface area contributed by atoms with E-state index in [1.54, 1.807) is 31.4 Å². The summed E-state index contributed by atoms with van der Waals surface area (Å²) in [5, 5.41) is 5.92. The highest BCUT2D eigenvalue weighted by atomic mass is 35.5. The number of carbonyl (C=O) groups excluding carboxylic acids is 2. The van der Waals surface area contributed by atoms with Crippen LogP contribution in [0, 0.1) is 0 Å². The standard InChI is InChI=1S/C21H25ClN2O4/c1-3-28-18-10-8-15(14-19(18)27-2)9-11-20(25)23-12-13-24-21(26)16-6-4-5-7-17(16)22/h4-8,10,14H,3,9,11-13H2,1-2H3,(H,23,25)(H,24,26). The smallest absolute Gasteiger partial charge is 0.252 e. The molecule has 0 fully saturated rings. The third kappa shape index (κ3) is 6.46. The van der Waals surface area contributed by atoms with Gasteiger partial charge in [0.1, 0.15) is 0 Å². The molecular formula is C21H25ClN2O4. The first-order valence-electron chi connectivity index (χ1n) is 9.14. The Morgan fingerprint density at radius 3 is 2.50 bits per heavy atom. The van der Waals surface area contributed by atoms with Crippen molar-refractivity contribution in [3.8, 4) is 11.5 Å². The summed E-state index contributed by atoms with van der Waals surface area (Å²) in [6.45, 7) is 3.15. The average molecular weight is 405 g/mol. The molecule has 0 saturated carbocycles. The number of methoxy groups -OCH3 is 1. The maximum absolute atomic E-state index is 12.0. The van der Waals surface area contributed by atoms with Gasteiger partial charge in [0.15, 0.2) is 11.5 Å². The van der Waals surface area contributed by atoms with Gasteiger partial charge in [0.2, 0.25) is 5.91 Å². The summed E-state index contributed by atoms with van der Waals surface area (Å²) in [6.07, 6.45) is 0.927. The average Bonchev–Trinajstić information content (AvgIpc) is 2.70. The normalized spacial score (nSPS) is 10.2. The van der Waals surface area contributed by atoms with Crippen LogP contribution in [0.25, 0.3) is 0 Å². The van der Waals surface area contributed by atoms with Crippen LogP contribution in [0.4, 0.5) is 0 Å². The number of rotatable bonds is 10. The van der Waals surface area contributed by atoms with Gasteiger partial charge < -0.3 is 20.1 Å². The molecule has 7 heteroatoms. The molecule has 0 aliphatic rings. The highest BCUT2D eigenvalue weighted by Crippen LogP contribution is 2.28. The van der Waals surface area contributed by atoms with Gasteiger partial charge in [0.05, 0.1) is 24.3 Å². The Bertz CT molecular complexity index is 811. The fraction of sp³-hybridized carbons (Fsp3) is 0.333. The molecule has 0 radical (unpaired) electrons. The van der Waals surface area contributed by atoms with Gasteiger partial charge in [0, 0.05) is 19.5 Å². The summed E-state index contributed by atoms with van der Waals surface area (Å²) >= 11 is 5.98. The van der Waals surface area contributed by atoms with E-state index < -0.39 is 0 Å². The number of halogens is 1. The first-order valence-corrected chi connectivity index (χ1v) is 9.52. The van der Waals surface area contributed by atoms with Crippen LogP contribution in [0.2, 0.25) is 5.02 Å². The van der Waals surface area contributed by atoms with E-state index in [0.717, 1.165) is 5.56 Å². The van der Waals surface area contributed by atoms with E-state index >= 15 is 0 Å². The quantitative estimate of drug-likeness (QED) is 0.596. The Hall–Kier alpha value is -2.73. The Labute approximate surface area is 170 Å². The Balaban J connectivity index is 1.71. The fourth-order valence-electron chi connectivity index (χ4n) is 2.61. The zero-order valence-corrected chi connectivity index (χ0v) is 16.8. The molecule has 0 aliphatic carbocycles. The van der Waals surface area contributed by atoms with Gasteiger partial charge in [-0.25, -0.2) is 0 Å². The van der Waals surface area contributed by atoms with Crippen LogP contribution in [-0.4, -0.2) is 38.6 Å². The highest BCUT2D eigenvalue weighted by molar-refractivity contribution is 6.33. The summed E-state index contributed by atoms with van der Waals surface area (Å²) in [5.74, 6) is 0.996. The molecule has 2 amide bonds. The zero-order valence-electron chi connectivity index (χ0n) is 16.1. The molecule has 2 aromatic rings. The number of hydrogen-bond donors (Lipinski definition) is 2. The number of amides is 2. The fourth-order valence-corrected chi connectivity index (χ4v) is 2.83. The third-order valence-corrected chi connectivity index (χ3v) is 4.35. The molecule has 28 heavy (non-hydrogen) atoms. The highest BCUT2D eigenvalue weighted by Gasteiger charge is 2.10. The van der Waals surface area contributed by atoms with Gasteiger partial charge in [-0.05, 0) is 43.2 Å². The van der Waals surface area contributed by atoms with Crippen molar-refractivity contribution in [2.24, 2.45) is 0 Å². The van der Waals surface area contributed by atoms with Gasteiger partial charge in [-0.1, -0.05) is 29.8 Å². The second-order valence-corrected chi connectivity index (χ2v) is 6.41. The van der Waals surface area contributed by atoms with Crippen molar-refractivity contribution in [3.05, 3.63) is 58.6 Å². The van der Waals surface area contributed by atoms with E-state index in [1.807, 2.05) is 25.1 Å². The molecule has 150 valence electrons. The lowest BCUT2D eigenvalue weighted by atomic mass is 10.1. The minimum absolute atomic E-state index is 0.0835. The predicted octanol–water partition coefficient (Wildman–Crippen LogP) is 3.23. The van der Waals surface area contributed by atoms with Gasteiger partial charge in [0.25, 0.3) is 5.91 Å². The minimum Gasteiger partial charge on any atom is -0.493 e. The van der Waals surface area contributed by atoms with Crippen LogP contribution in [0.1, 0.15) is 29.3 Å². The van der Waals surface area contributed by atoms with Gasteiger partial charge in [-0.15, -0.1) is 0 Å². The van der Waals surface area contributed by atoms with Crippen LogP contribution >= 0.6 is 11.6 Å². The van der Waals surface area contributed by atoms with E-state index in [9.17, 15) is 9.59 Å². The van der Waals surface area contributed by atoms with Gasteiger partial charge in [-0.3, -0.25) is 9.59 Å². The Kier molecular flexibility index (Phi) is 8.62. The van der Waals surface area contributed by atoms with Crippen LogP contribution in [-0.2, 0) is 11.2 Å². The van der Waals surface area contributed by atoms with Crippen LogP contribution in [0.5, 0.6) is 11.5 Å². The molecule has 0 bridgehead atoms. The molecule has 6 nitrogen and oxygen atoms in total. The third-order valence-electron chi connectivity index (χ3n) is 4.02. The van der Waals surface area contributed by atoms with Crippen molar-refractivity contribution in [2.45, 2.75) is 19.8 Å². The molecule has 0 saturated heterocycles. The molecule has 0 aliphatic heterocycles. The number of nitrogens with one attached hydrogen (secondary N) is 2. The molecular weight excluding hydrogens is 380 g/mol. The zero-order chi connectivity index (χ0) is 20.4. The SMILES string of the molecule is CCOc1ccc(CCC(=O)NCCNC(=O)c2ccccc2Cl)cc1OC. The molecule has 2 N–H and O–H groups in total. The minimum atomic E-state index is -0.263. The number of ether oxygens (including phenoxy) is 2. The monoisotopic (exact) mass is 404 g/mol. The number of carbonyl (C=O) groups is 2. The Morgan fingerprint density at radius 2 is 1.79 bits per heavy atom. The molecule has 0 atom stereocenters. The lowest BCUT2D eigenvalue weighted by Crippen LogP contribution is -2.34. The second kappa shape index (κ2) is 11.2. The number of hydrogen-bond acceptors (Lipinski definition) is 4. The van der Waals surface area contributed by atoms with E-state index in [2.05, 4.69) is 10.6 Å². The maximum Gasteiger partial charge on any atom is 0.252 e. The molecule has 0 unspecified atom stereocenters. The predicted molar refractivity (Wildman–Crippen MR) is 109 cm³/mol. The summed E-state index contributed by atoms with van der Waals surface area (Å²) in [6, 6.07) is 12.5. The summed E-state index contributed by atoms with van der Waals surface area (Å²) < 4.78 is 10.8. The van der Waals surface area contributed by atoms with Crippen molar-refractivity contribution in [1.29, 1.82) is 0 Å². The molecule has 2 aromatic carbocycles. The van der Waals surface area contributed by atoms with Gasteiger partial charge in [-0.2, -0.15) is 0 Å². The molecule has 0 aromatic heterocycles. The summed E-state index contributed by atoms with van der Waals surface area (Å²) in [5.41, 5.74) is 1.41. The maximum atomic E-state index is 12.0. The molecule has 0 heterocycles. The Morgan fingerprint density at radius 1 is 1.04 bits per heavy atom. The van der Waals surface area contributed by atoms with Crippen molar-refractivity contribution in [3.63, 3.8) is 0 Å². The van der Waals surface area contributed by atoms with Crippen molar-refractivity contribution in [1.82, 2.24) is 10.6 Å². The van der Waals surface area contributed by atoms with Crippen LogP contribution in [0.3, 0.4) is 0 Å². The summed E-state index contributed by atoms with van der Waals surface area (Å²) in [7, 11) is 1.59. The van der Waals surface area contributed by atoms with E-state index in [0.29, 0.717) is 54.6 Å². The van der Waals surface area contributed by atoms with Crippen molar-refractivity contribution in [2.75, 3.05) is 26.8 Å². The van der Waals surface area contributed by atoms with Gasteiger partial charge >= 0.3 is 0 Å². The molecule has 2 rings (SSSR count). The van der Waals surface area contributed by atoms with E-state index in [1.165, 1.54) is 0 Å². The van der Waals surface area contributed by atoms with E-state index in [-0.39, 0.29) is 11.8 Å². The lowest BCUT2D eigenvalue weighted by Gasteiger charge is -2.11. The topological polar surface area (TPSA) is 76.7 Å². The van der Waals surface area contributed by atoms with E-state index in [4.69, 9.17) is 21.1 Å². The number of aryl methyl sites for hydroxylation is 1. The number of benzene rings is 2. The van der Waals surface area contributed by atoms with Crippen molar-refractivity contribution < 1.29 is 19.1 Å². The van der Waals surface area contributed by atoms with Crippen molar-refractivity contribution >= 4 is 23.4 Å².